The standard InChI is InChI=1S/C11H12O3/c1-3-8-6-9(12-2)11-10(7-8)13-4-5-14-11/h3,6-7H,1,4-5H2,2H3. The largest absolute Gasteiger partial charge is 0.493 e. The Balaban J connectivity index is 2.52. The molecule has 0 saturated carbocycles. The van der Waals surface area contributed by atoms with Gasteiger partial charge in [-0.05, 0) is 17.7 Å². The number of rotatable bonds is 2. The van der Waals surface area contributed by atoms with Gasteiger partial charge in [-0.2, -0.15) is 0 Å². The summed E-state index contributed by atoms with van der Waals surface area (Å²) in [6.45, 7) is 4.85. The second-order valence-corrected chi connectivity index (χ2v) is 2.95. The average Bonchev–Trinajstić information content (AvgIpc) is 2.27. The second-order valence-electron chi connectivity index (χ2n) is 2.95. The van der Waals surface area contributed by atoms with Crippen molar-refractivity contribution in [3.63, 3.8) is 0 Å². The third-order valence-corrected chi connectivity index (χ3v) is 2.09. The van der Waals surface area contributed by atoms with E-state index in [0.717, 1.165) is 11.3 Å². The molecular formula is C11H12O3. The Hall–Kier alpha value is -1.64. The van der Waals surface area contributed by atoms with Crippen LogP contribution in [-0.4, -0.2) is 20.3 Å². The maximum absolute atomic E-state index is 5.46. The molecule has 3 heteroatoms. The number of ether oxygens (including phenoxy) is 3. The average molecular weight is 192 g/mol. The molecule has 14 heavy (non-hydrogen) atoms. The van der Waals surface area contributed by atoms with Gasteiger partial charge in [0.25, 0.3) is 0 Å². The number of benzene rings is 1. The molecule has 0 bridgehead atoms. The predicted molar refractivity (Wildman–Crippen MR) is 54.1 cm³/mol. The molecule has 0 amide bonds. The van der Waals surface area contributed by atoms with E-state index in [9.17, 15) is 0 Å². The molecule has 2 rings (SSSR count). The molecule has 74 valence electrons. The van der Waals surface area contributed by atoms with Gasteiger partial charge in [0.2, 0.25) is 5.75 Å². The van der Waals surface area contributed by atoms with Gasteiger partial charge in [-0.1, -0.05) is 12.7 Å². The third kappa shape index (κ3) is 1.41. The van der Waals surface area contributed by atoms with E-state index >= 15 is 0 Å². The van der Waals surface area contributed by atoms with E-state index in [-0.39, 0.29) is 0 Å². The Morgan fingerprint density at radius 3 is 2.86 bits per heavy atom. The normalized spacial score (nSPS) is 13.5. The van der Waals surface area contributed by atoms with Crippen LogP contribution in [0.25, 0.3) is 6.08 Å². The number of hydrogen-bond donors (Lipinski definition) is 0. The first kappa shape index (κ1) is 8.94. The molecule has 0 aliphatic carbocycles. The Labute approximate surface area is 82.9 Å². The summed E-state index contributed by atoms with van der Waals surface area (Å²) in [7, 11) is 1.61. The Bertz CT molecular complexity index is 341. The van der Waals surface area contributed by atoms with Gasteiger partial charge in [-0.3, -0.25) is 0 Å². The molecule has 1 heterocycles. The lowest BCUT2D eigenvalue weighted by Crippen LogP contribution is -2.16. The van der Waals surface area contributed by atoms with Crippen LogP contribution in [0.1, 0.15) is 5.56 Å². The highest BCUT2D eigenvalue weighted by Gasteiger charge is 2.17. The van der Waals surface area contributed by atoms with Crippen LogP contribution >= 0.6 is 0 Å². The molecule has 3 nitrogen and oxygen atoms in total. The van der Waals surface area contributed by atoms with Crippen LogP contribution in [0.5, 0.6) is 17.2 Å². The van der Waals surface area contributed by atoms with Gasteiger partial charge in [0.15, 0.2) is 11.5 Å². The quantitative estimate of drug-likeness (QED) is 0.718. The van der Waals surface area contributed by atoms with Crippen LogP contribution in [0.3, 0.4) is 0 Å². The van der Waals surface area contributed by atoms with Crippen molar-refractivity contribution in [1.29, 1.82) is 0 Å². The van der Waals surface area contributed by atoms with Crippen molar-refractivity contribution >= 4 is 6.08 Å². The molecule has 0 fully saturated rings. The van der Waals surface area contributed by atoms with Gasteiger partial charge in [-0.25, -0.2) is 0 Å². The van der Waals surface area contributed by atoms with E-state index in [1.807, 2.05) is 12.1 Å². The van der Waals surface area contributed by atoms with Crippen molar-refractivity contribution in [3.05, 3.63) is 24.3 Å². The predicted octanol–water partition coefficient (Wildman–Crippen LogP) is 2.11. The fourth-order valence-corrected chi connectivity index (χ4v) is 1.41. The fourth-order valence-electron chi connectivity index (χ4n) is 1.41. The minimum Gasteiger partial charge on any atom is -0.493 e. The van der Waals surface area contributed by atoms with E-state index in [0.29, 0.717) is 24.7 Å². The first-order valence-corrected chi connectivity index (χ1v) is 4.45. The van der Waals surface area contributed by atoms with Gasteiger partial charge in [-0.15, -0.1) is 0 Å². The monoisotopic (exact) mass is 192 g/mol. The van der Waals surface area contributed by atoms with Gasteiger partial charge in [0, 0.05) is 0 Å². The molecule has 1 aromatic carbocycles. The van der Waals surface area contributed by atoms with Crippen LogP contribution in [-0.2, 0) is 0 Å². The Kier molecular flexibility index (Phi) is 2.31. The fraction of sp³-hybridized carbons (Fsp3) is 0.273. The highest BCUT2D eigenvalue weighted by Crippen LogP contribution is 2.40. The highest BCUT2D eigenvalue weighted by molar-refractivity contribution is 5.61. The molecule has 0 saturated heterocycles. The minimum absolute atomic E-state index is 0.566. The lowest BCUT2D eigenvalue weighted by Gasteiger charge is -2.20. The summed E-state index contributed by atoms with van der Waals surface area (Å²) in [4.78, 5) is 0. The summed E-state index contributed by atoms with van der Waals surface area (Å²) >= 11 is 0. The first-order valence-electron chi connectivity index (χ1n) is 4.45. The third-order valence-electron chi connectivity index (χ3n) is 2.09. The number of hydrogen-bond acceptors (Lipinski definition) is 3. The van der Waals surface area contributed by atoms with Gasteiger partial charge >= 0.3 is 0 Å². The van der Waals surface area contributed by atoms with Crippen LogP contribution in [0.2, 0.25) is 0 Å². The zero-order valence-electron chi connectivity index (χ0n) is 8.08. The molecule has 1 aliphatic heterocycles. The maximum atomic E-state index is 5.46. The summed E-state index contributed by atoms with van der Waals surface area (Å²) < 4.78 is 16.1. The van der Waals surface area contributed by atoms with Crippen LogP contribution in [0.15, 0.2) is 18.7 Å². The van der Waals surface area contributed by atoms with Gasteiger partial charge in [0.05, 0.1) is 7.11 Å². The van der Waals surface area contributed by atoms with Gasteiger partial charge < -0.3 is 14.2 Å². The minimum atomic E-state index is 0.566. The summed E-state index contributed by atoms with van der Waals surface area (Å²) in [5, 5.41) is 0. The zero-order chi connectivity index (χ0) is 9.97. The smallest absolute Gasteiger partial charge is 0.203 e. The second kappa shape index (κ2) is 3.62. The Morgan fingerprint density at radius 1 is 1.36 bits per heavy atom. The summed E-state index contributed by atoms with van der Waals surface area (Å²) in [6, 6.07) is 3.77. The summed E-state index contributed by atoms with van der Waals surface area (Å²) in [6.07, 6.45) is 1.75. The molecule has 1 aromatic rings. The summed E-state index contributed by atoms with van der Waals surface area (Å²) in [5.74, 6) is 2.10. The lowest BCUT2D eigenvalue weighted by molar-refractivity contribution is 0.165. The van der Waals surface area contributed by atoms with Crippen LogP contribution in [0, 0.1) is 0 Å². The molecule has 0 N–H and O–H groups in total. The molecule has 0 unspecified atom stereocenters. The maximum Gasteiger partial charge on any atom is 0.203 e. The van der Waals surface area contributed by atoms with E-state index in [2.05, 4.69) is 6.58 Å². The van der Waals surface area contributed by atoms with Crippen molar-refractivity contribution in [2.75, 3.05) is 20.3 Å². The van der Waals surface area contributed by atoms with E-state index in [4.69, 9.17) is 14.2 Å². The molecule has 1 aliphatic rings. The van der Waals surface area contributed by atoms with Crippen LogP contribution in [0.4, 0.5) is 0 Å². The number of fused-ring (bicyclic) bond motifs is 1. The lowest BCUT2D eigenvalue weighted by atomic mass is 10.2. The van der Waals surface area contributed by atoms with E-state index in [1.165, 1.54) is 0 Å². The van der Waals surface area contributed by atoms with Crippen molar-refractivity contribution in [3.8, 4) is 17.2 Å². The van der Waals surface area contributed by atoms with Gasteiger partial charge in [0.1, 0.15) is 13.2 Å². The van der Waals surface area contributed by atoms with Crippen molar-refractivity contribution in [2.24, 2.45) is 0 Å². The van der Waals surface area contributed by atoms with Crippen molar-refractivity contribution in [2.45, 2.75) is 0 Å². The topological polar surface area (TPSA) is 27.7 Å². The van der Waals surface area contributed by atoms with Crippen molar-refractivity contribution < 1.29 is 14.2 Å². The van der Waals surface area contributed by atoms with E-state index < -0.39 is 0 Å². The number of methoxy groups -OCH3 is 1. The Morgan fingerprint density at radius 2 is 2.14 bits per heavy atom. The molecule has 0 radical (unpaired) electrons. The first-order chi connectivity index (χ1) is 6.85. The SMILES string of the molecule is C=Cc1cc(OC)c2c(c1)OCCO2. The van der Waals surface area contributed by atoms with E-state index in [1.54, 1.807) is 13.2 Å². The molecule has 0 atom stereocenters. The highest BCUT2D eigenvalue weighted by atomic mass is 16.6. The molecular weight excluding hydrogens is 180 g/mol. The molecule has 0 aromatic heterocycles. The molecule has 0 spiro atoms. The zero-order valence-corrected chi connectivity index (χ0v) is 8.08. The van der Waals surface area contributed by atoms with Crippen LogP contribution < -0.4 is 14.2 Å². The van der Waals surface area contributed by atoms with Crippen molar-refractivity contribution in [1.82, 2.24) is 0 Å². The summed E-state index contributed by atoms with van der Waals surface area (Å²) in [5.41, 5.74) is 0.964.